The Balaban J connectivity index is 0.000000168. The predicted octanol–water partition coefficient (Wildman–Crippen LogP) is -0.201. The molecule has 0 aromatic heterocycles. The zero-order chi connectivity index (χ0) is 12.3. The fraction of sp³-hybridized carbons (Fsp3) is 0.778. The summed E-state index contributed by atoms with van der Waals surface area (Å²) in [6.07, 6.45) is 5.34. The van der Waals surface area contributed by atoms with E-state index in [0.29, 0.717) is 0 Å². The summed E-state index contributed by atoms with van der Waals surface area (Å²) in [4.78, 5) is 0. The van der Waals surface area contributed by atoms with E-state index in [1.165, 1.54) is 13.5 Å². The van der Waals surface area contributed by atoms with Crippen LogP contribution in [0.5, 0.6) is 0 Å². The molecule has 9 radical (unpaired) electrons. The third-order valence-corrected chi connectivity index (χ3v) is 4.00. The molecule has 16 heavy (non-hydrogen) atoms. The molecule has 2 rings (SSSR count). The van der Waals surface area contributed by atoms with Crippen LogP contribution in [-0.2, 0) is 0 Å². The van der Waals surface area contributed by atoms with Crippen LogP contribution in [0.15, 0.2) is 12.2 Å². The molecule has 0 aromatic carbocycles. The molecule has 2 unspecified atom stereocenters. The van der Waals surface area contributed by atoms with Crippen molar-refractivity contribution in [3.05, 3.63) is 12.2 Å². The van der Waals surface area contributed by atoms with Crippen LogP contribution >= 0.6 is 0 Å². The maximum absolute atomic E-state index is 5.19. The maximum atomic E-state index is 5.19. The summed E-state index contributed by atoms with van der Waals surface area (Å²) >= 11 is 0. The van der Waals surface area contributed by atoms with Crippen molar-refractivity contribution in [1.82, 2.24) is 0 Å². The largest absolute Gasteiger partial charge is 0.0848 e. The van der Waals surface area contributed by atoms with Gasteiger partial charge < -0.3 is 0 Å². The summed E-state index contributed by atoms with van der Waals surface area (Å²) in [5.41, 5.74) is 0. The van der Waals surface area contributed by atoms with E-state index in [4.69, 9.17) is 30.9 Å². The summed E-state index contributed by atoms with van der Waals surface area (Å²) < 4.78 is 0. The van der Waals surface area contributed by atoms with Gasteiger partial charge in [-0.05, 0) is 30.1 Å². The van der Waals surface area contributed by atoms with Gasteiger partial charge >= 0.3 is 0 Å². The van der Waals surface area contributed by atoms with Crippen molar-refractivity contribution in [3.63, 3.8) is 0 Å². The molecule has 0 saturated heterocycles. The average Bonchev–Trinajstić information content (AvgIpc) is 2.83. The molecular formula is C9H14B7. The summed E-state index contributed by atoms with van der Waals surface area (Å²) in [6, 6.07) is 0. The van der Waals surface area contributed by atoms with E-state index >= 15 is 0 Å². The first-order chi connectivity index (χ1) is 7.47. The summed E-state index contributed by atoms with van der Waals surface area (Å²) in [5, 5.41) is 0. The van der Waals surface area contributed by atoms with E-state index in [1.54, 1.807) is 0 Å². The van der Waals surface area contributed by atoms with E-state index in [1.807, 2.05) is 0 Å². The Bertz CT molecular complexity index is 226. The van der Waals surface area contributed by atoms with Crippen molar-refractivity contribution in [3.8, 4) is 0 Å². The normalized spacial score (nSPS) is 34.1. The molecule has 2 bridgehead atoms. The van der Waals surface area contributed by atoms with Gasteiger partial charge in [0.25, 0.3) is 0 Å². The molecule has 2 aliphatic rings. The minimum Gasteiger partial charge on any atom is -0.0848 e. The van der Waals surface area contributed by atoms with Crippen LogP contribution in [0.1, 0.15) is 20.3 Å². The number of rotatable bonds is 2. The second kappa shape index (κ2) is 6.21. The third-order valence-electron chi connectivity index (χ3n) is 4.00. The maximum Gasteiger partial charge on any atom is 0 e. The summed E-state index contributed by atoms with van der Waals surface area (Å²) in [7, 11) is 21.6. The lowest BCUT2D eigenvalue weighted by Crippen LogP contribution is -2.43. The second-order valence-corrected chi connectivity index (χ2v) is 5.01. The van der Waals surface area contributed by atoms with Crippen LogP contribution in [0.2, 0.25) is 0 Å². The van der Waals surface area contributed by atoms with Gasteiger partial charge in [-0.2, -0.15) is 0 Å². The molecule has 0 nitrogen and oxygen atoms in total. The van der Waals surface area contributed by atoms with Gasteiger partial charge in [0.15, 0.2) is 0 Å². The fourth-order valence-electron chi connectivity index (χ4n) is 2.44. The predicted molar refractivity (Wildman–Crippen MR) is 79.3 cm³/mol. The van der Waals surface area contributed by atoms with Crippen molar-refractivity contribution < 1.29 is 0 Å². The Hall–Kier alpha value is 0.195. The molecule has 2 aliphatic carbocycles. The highest BCUT2D eigenvalue weighted by atomic mass is 14.4. The molecule has 0 heterocycles. The minimum absolute atomic E-state index is 0.389. The number of hydrogen-bond donors (Lipinski definition) is 0. The molecule has 71 valence electrons. The van der Waals surface area contributed by atoms with Gasteiger partial charge in [-0.1, -0.05) is 26.0 Å². The average molecular weight is 198 g/mol. The molecule has 0 spiro atoms. The van der Waals surface area contributed by atoms with Gasteiger partial charge in [-0.15, -0.1) is 0 Å². The highest BCUT2D eigenvalue weighted by molar-refractivity contribution is 7.81. The van der Waals surface area contributed by atoms with Crippen molar-refractivity contribution in [2.75, 3.05) is 0 Å². The van der Waals surface area contributed by atoms with E-state index in [-0.39, 0.29) is 6.39 Å². The zero-order valence-electron chi connectivity index (χ0n) is 10.2. The van der Waals surface area contributed by atoms with Gasteiger partial charge in [0.2, 0.25) is 0 Å². The zero-order valence-corrected chi connectivity index (χ0v) is 10.2. The third kappa shape index (κ3) is 3.34. The highest BCUT2D eigenvalue weighted by Crippen LogP contribution is 2.47. The Morgan fingerprint density at radius 3 is 1.62 bits per heavy atom. The molecule has 0 amide bonds. The van der Waals surface area contributed by atoms with Crippen LogP contribution < -0.4 is 0 Å². The van der Waals surface area contributed by atoms with Crippen LogP contribution in [0.4, 0.5) is 0 Å². The summed E-state index contributed by atoms with van der Waals surface area (Å²) in [6.45, 7) is 4.78. The molecule has 0 N–H and O–H groups in total. The Morgan fingerprint density at radius 1 is 1.06 bits per heavy atom. The Kier molecular flexibility index (Phi) is 5.54. The van der Waals surface area contributed by atoms with Crippen LogP contribution in [0.3, 0.4) is 0 Å². The monoisotopic (exact) mass is 199 g/mol. The quantitative estimate of drug-likeness (QED) is 0.425. The van der Waals surface area contributed by atoms with Crippen molar-refractivity contribution in [1.29, 1.82) is 0 Å². The number of allylic oxidation sites excluding steroid dienone is 2. The molecule has 1 fully saturated rings. The molecule has 1 saturated carbocycles. The molecule has 0 aromatic rings. The van der Waals surface area contributed by atoms with Crippen LogP contribution in [-0.4, -0.2) is 50.8 Å². The van der Waals surface area contributed by atoms with E-state index in [2.05, 4.69) is 26.0 Å². The second-order valence-electron chi connectivity index (χ2n) is 5.01. The van der Waals surface area contributed by atoms with Gasteiger partial charge in [0.1, 0.15) is 0 Å². The van der Waals surface area contributed by atoms with Crippen molar-refractivity contribution in [2.24, 2.45) is 23.7 Å². The molecular weight excluding hydrogens is 184 g/mol. The lowest BCUT2D eigenvalue weighted by atomic mass is 8.76. The minimum atomic E-state index is -0.537. The SMILES string of the molecule is C[C@@H]1C2C=CC(C2)[C@H]1C.[B][B]B([B])B([B])[B]. The number of hydrogen-bond acceptors (Lipinski definition) is 0. The van der Waals surface area contributed by atoms with Crippen LogP contribution in [0.25, 0.3) is 0 Å². The molecule has 0 aliphatic heterocycles. The van der Waals surface area contributed by atoms with Gasteiger partial charge in [0, 0.05) is 50.8 Å². The number of fused-ring (bicyclic) bond motifs is 2. The lowest BCUT2D eigenvalue weighted by Gasteiger charge is -2.19. The van der Waals surface area contributed by atoms with Gasteiger partial charge in [-0.3, -0.25) is 0 Å². The topological polar surface area (TPSA) is 0 Å². The van der Waals surface area contributed by atoms with Crippen LogP contribution in [0, 0.1) is 23.7 Å². The van der Waals surface area contributed by atoms with E-state index in [9.17, 15) is 0 Å². The smallest absolute Gasteiger partial charge is 0 e. The first-order valence-corrected chi connectivity index (χ1v) is 5.97. The van der Waals surface area contributed by atoms with E-state index in [0.717, 1.165) is 23.7 Å². The summed E-state index contributed by atoms with van der Waals surface area (Å²) in [5.74, 6) is 3.79. The highest BCUT2D eigenvalue weighted by Gasteiger charge is 2.38. The first kappa shape index (κ1) is 14.3. The standard InChI is InChI=1S/C9H14.B7/c1-6-7(2)9-4-3-8(6)5-9;1-5-7(4)6(2)3/h3-4,6-9H,5H2,1-2H3;/t6-,7-,8?,9?;/m0./s1. The lowest BCUT2D eigenvalue weighted by molar-refractivity contribution is 0.364. The molecule has 4 atom stereocenters. The van der Waals surface area contributed by atoms with E-state index < -0.39 is 6.39 Å². The Morgan fingerprint density at radius 2 is 1.50 bits per heavy atom. The Labute approximate surface area is 107 Å². The van der Waals surface area contributed by atoms with Crippen molar-refractivity contribution in [2.45, 2.75) is 20.3 Å². The van der Waals surface area contributed by atoms with Gasteiger partial charge in [0.05, 0.1) is 0 Å². The first-order valence-electron chi connectivity index (χ1n) is 5.97. The van der Waals surface area contributed by atoms with Crippen molar-refractivity contribution >= 4 is 50.8 Å². The molecule has 7 heteroatoms. The fourth-order valence-corrected chi connectivity index (χ4v) is 2.44. The van der Waals surface area contributed by atoms with Gasteiger partial charge in [-0.25, -0.2) is 0 Å².